The van der Waals surface area contributed by atoms with Gasteiger partial charge in [-0.25, -0.2) is 0 Å². The summed E-state index contributed by atoms with van der Waals surface area (Å²) in [6, 6.07) is 11.0. The van der Waals surface area contributed by atoms with E-state index in [1.165, 1.54) is 13.2 Å². The minimum absolute atomic E-state index is 0.0638. The zero-order valence-electron chi connectivity index (χ0n) is 15.0. The second kappa shape index (κ2) is 6.84. The summed E-state index contributed by atoms with van der Waals surface area (Å²) in [5.74, 6) is 0.0522. The third-order valence-corrected chi connectivity index (χ3v) is 4.59. The first-order valence-electron chi connectivity index (χ1n) is 8.41. The Bertz CT molecular complexity index is 852. The van der Waals surface area contributed by atoms with Crippen LogP contribution in [0.5, 0.6) is 17.2 Å². The van der Waals surface area contributed by atoms with E-state index in [1.807, 2.05) is 30.3 Å². The molecule has 136 valence electrons. The van der Waals surface area contributed by atoms with E-state index in [4.69, 9.17) is 9.47 Å². The van der Waals surface area contributed by atoms with Gasteiger partial charge in [-0.3, -0.25) is 4.79 Å². The molecule has 1 aliphatic heterocycles. The third kappa shape index (κ3) is 3.30. The van der Waals surface area contributed by atoms with Gasteiger partial charge in [0.2, 0.25) is 0 Å². The van der Waals surface area contributed by atoms with Crippen LogP contribution in [0.1, 0.15) is 35.3 Å². The van der Waals surface area contributed by atoms with Crippen LogP contribution < -0.4 is 9.47 Å². The molecule has 0 aliphatic carbocycles. The maximum atomic E-state index is 12.7. The van der Waals surface area contributed by atoms with E-state index in [2.05, 4.69) is 0 Å². The summed E-state index contributed by atoms with van der Waals surface area (Å²) in [6.07, 6.45) is 2.47. The van der Waals surface area contributed by atoms with Crippen LogP contribution in [-0.4, -0.2) is 34.8 Å². The molecule has 2 N–H and O–H groups in total. The van der Waals surface area contributed by atoms with Gasteiger partial charge in [0.25, 0.3) is 0 Å². The van der Waals surface area contributed by atoms with Gasteiger partial charge in [0.05, 0.1) is 13.2 Å². The van der Waals surface area contributed by atoms with E-state index in [1.54, 1.807) is 26.0 Å². The normalized spacial score (nSPS) is 18.2. The van der Waals surface area contributed by atoms with Crippen molar-refractivity contribution in [1.29, 1.82) is 0 Å². The number of ether oxygens (including phenoxy) is 2. The molecule has 0 aromatic heterocycles. The zero-order valence-corrected chi connectivity index (χ0v) is 15.0. The van der Waals surface area contributed by atoms with Crippen molar-refractivity contribution >= 4 is 11.9 Å². The van der Waals surface area contributed by atoms with Crippen molar-refractivity contribution in [2.75, 3.05) is 7.11 Å². The average molecular weight is 354 g/mol. The zero-order chi connectivity index (χ0) is 18.9. The van der Waals surface area contributed by atoms with Crippen LogP contribution in [0.3, 0.4) is 0 Å². The number of phenolic OH excluding ortho intramolecular Hbond substituents is 1. The number of hydrogen-bond acceptors (Lipinski definition) is 5. The van der Waals surface area contributed by atoms with Crippen LogP contribution in [0.15, 0.2) is 42.5 Å². The first-order chi connectivity index (χ1) is 12.3. The number of ketones is 1. The Labute approximate surface area is 152 Å². The molecule has 0 fully saturated rings. The predicted octanol–water partition coefficient (Wildman–Crippen LogP) is 3.37. The highest BCUT2D eigenvalue weighted by atomic mass is 16.5. The molecule has 26 heavy (non-hydrogen) atoms. The molecule has 0 saturated carbocycles. The Morgan fingerprint density at radius 1 is 1.31 bits per heavy atom. The molecule has 1 aliphatic rings. The Morgan fingerprint density at radius 2 is 2.00 bits per heavy atom. The summed E-state index contributed by atoms with van der Waals surface area (Å²) in [5, 5.41) is 20.9. The van der Waals surface area contributed by atoms with Gasteiger partial charge in [-0.1, -0.05) is 36.4 Å². The van der Waals surface area contributed by atoms with Crippen LogP contribution in [-0.2, 0) is 6.42 Å². The fourth-order valence-electron chi connectivity index (χ4n) is 2.96. The molecule has 0 bridgehead atoms. The molecule has 2 aromatic carbocycles. The fraction of sp³-hybridized carbons (Fsp3) is 0.286. The van der Waals surface area contributed by atoms with Crippen molar-refractivity contribution < 1.29 is 24.5 Å². The molecule has 1 heterocycles. The number of aliphatic hydroxyl groups is 1. The number of methoxy groups -OCH3 is 1. The number of rotatable bonds is 4. The lowest BCUT2D eigenvalue weighted by atomic mass is 9.89. The van der Waals surface area contributed by atoms with Gasteiger partial charge in [-0.15, -0.1) is 0 Å². The number of benzene rings is 2. The second-order valence-electron chi connectivity index (χ2n) is 6.81. The van der Waals surface area contributed by atoms with E-state index in [9.17, 15) is 15.0 Å². The molecule has 2 aromatic rings. The molecule has 3 rings (SSSR count). The molecular formula is C21H22O5. The van der Waals surface area contributed by atoms with Crippen molar-refractivity contribution in [3.05, 3.63) is 59.2 Å². The third-order valence-electron chi connectivity index (χ3n) is 4.59. The van der Waals surface area contributed by atoms with E-state index >= 15 is 0 Å². The van der Waals surface area contributed by atoms with Crippen LogP contribution in [0, 0.1) is 0 Å². The lowest BCUT2D eigenvalue weighted by Crippen LogP contribution is -2.46. The SMILES string of the molecule is COc1cc2c(c(O)c1C(=O)C=Cc1ccccc1)CC(O)C(C)(C)O2. The molecule has 0 radical (unpaired) electrons. The Morgan fingerprint density at radius 3 is 2.65 bits per heavy atom. The highest BCUT2D eigenvalue weighted by Gasteiger charge is 2.38. The maximum Gasteiger partial charge on any atom is 0.193 e. The number of carbonyl (C=O) groups excluding carboxylic acids is 1. The van der Waals surface area contributed by atoms with E-state index in [0.29, 0.717) is 11.3 Å². The summed E-state index contributed by atoms with van der Waals surface area (Å²) in [5.41, 5.74) is 0.559. The standard InChI is InChI=1S/C21H22O5/c1-21(2)18(23)11-14-16(26-21)12-17(25-3)19(20(14)24)15(22)10-9-13-7-5-4-6-8-13/h4-10,12,18,23-24H,11H2,1-3H3. The number of fused-ring (bicyclic) bond motifs is 1. The van der Waals surface area contributed by atoms with Crippen molar-refractivity contribution in [1.82, 2.24) is 0 Å². The highest BCUT2D eigenvalue weighted by Crippen LogP contribution is 2.44. The van der Waals surface area contributed by atoms with Gasteiger partial charge in [-0.05, 0) is 25.5 Å². The molecule has 0 amide bonds. The van der Waals surface area contributed by atoms with Gasteiger partial charge in [0.1, 0.15) is 28.4 Å². The average Bonchev–Trinajstić information content (AvgIpc) is 2.62. The summed E-state index contributed by atoms with van der Waals surface area (Å²) >= 11 is 0. The number of hydrogen-bond donors (Lipinski definition) is 2. The van der Waals surface area contributed by atoms with Crippen LogP contribution in [0.4, 0.5) is 0 Å². The van der Waals surface area contributed by atoms with Crippen LogP contribution in [0.2, 0.25) is 0 Å². The van der Waals surface area contributed by atoms with Gasteiger partial charge in [-0.2, -0.15) is 0 Å². The molecule has 5 heteroatoms. The lowest BCUT2D eigenvalue weighted by Gasteiger charge is -2.37. The minimum atomic E-state index is -0.794. The summed E-state index contributed by atoms with van der Waals surface area (Å²) < 4.78 is 11.1. The van der Waals surface area contributed by atoms with Crippen molar-refractivity contribution in [3.63, 3.8) is 0 Å². The van der Waals surface area contributed by atoms with Crippen LogP contribution in [0.25, 0.3) is 6.08 Å². The Hall–Kier alpha value is -2.79. The first-order valence-corrected chi connectivity index (χ1v) is 8.41. The van der Waals surface area contributed by atoms with Gasteiger partial charge >= 0.3 is 0 Å². The number of aromatic hydroxyl groups is 1. The van der Waals surface area contributed by atoms with Crippen LogP contribution >= 0.6 is 0 Å². The Balaban J connectivity index is 2.01. The van der Waals surface area contributed by atoms with E-state index in [0.717, 1.165) is 5.56 Å². The topological polar surface area (TPSA) is 76.0 Å². The Kier molecular flexibility index (Phi) is 4.74. The molecule has 5 nitrogen and oxygen atoms in total. The molecule has 0 saturated heterocycles. The summed E-state index contributed by atoms with van der Waals surface area (Å²) in [7, 11) is 1.43. The monoisotopic (exact) mass is 354 g/mol. The summed E-state index contributed by atoms with van der Waals surface area (Å²) in [6.45, 7) is 3.54. The van der Waals surface area contributed by atoms with Gasteiger partial charge in [0.15, 0.2) is 5.78 Å². The fourth-order valence-corrected chi connectivity index (χ4v) is 2.96. The van der Waals surface area contributed by atoms with Crippen molar-refractivity contribution in [2.24, 2.45) is 0 Å². The molecule has 0 spiro atoms. The summed E-state index contributed by atoms with van der Waals surface area (Å²) in [4.78, 5) is 12.7. The number of carbonyl (C=O) groups is 1. The van der Waals surface area contributed by atoms with Gasteiger partial charge < -0.3 is 19.7 Å². The highest BCUT2D eigenvalue weighted by molar-refractivity contribution is 6.11. The smallest absolute Gasteiger partial charge is 0.193 e. The molecule has 1 atom stereocenters. The van der Waals surface area contributed by atoms with E-state index in [-0.39, 0.29) is 29.3 Å². The van der Waals surface area contributed by atoms with Gasteiger partial charge in [0, 0.05) is 18.1 Å². The maximum absolute atomic E-state index is 12.7. The number of phenols is 1. The lowest BCUT2D eigenvalue weighted by molar-refractivity contribution is -0.0418. The predicted molar refractivity (Wildman–Crippen MR) is 98.9 cm³/mol. The molecular weight excluding hydrogens is 332 g/mol. The largest absolute Gasteiger partial charge is 0.507 e. The molecule has 1 unspecified atom stereocenters. The first kappa shape index (κ1) is 18.0. The second-order valence-corrected chi connectivity index (χ2v) is 6.81. The van der Waals surface area contributed by atoms with Crippen molar-refractivity contribution in [2.45, 2.75) is 32.0 Å². The quantitative estimate of drug-likeness (QED) is 0.650. The number of aliphatic hydroxyl groups excluding tert-OH is 1. The minimum Gasteiger partial charge on any atom is -0.507 e. The van der Waals surface area contributed by atoms with E-state index < -0.39 is 11.7 Å². The number of allylic oxidation sites excluding steroid dienone is 1. The van der Waals surface area contributed by atoms with Crippen molar-refractivity contribution in [3.8, 4) is 17.2 Å².